The summed E-state index contributed by atoms with van der Waals surface area (Å²) < 4.78 is 7.81. The Morgan fingerprint density at radius 1 is 1.08 bits per heavy atom. The molecule has 0 aliphatic carbocycles. The molecule has 3 nitrogen and oxygen atoms in total. The van der Waals surface area contributed by atoms with Gasteiger partial charge in [-0.05, 0) is 54.7 Å². The second-order valence-corrected chi connectivity index (χ2v) is 7.46. The Morgan fingerprint density at radius 3 is 2.48 bits per heavy atom. The van der Waals surface area contributed by atoms with Crippen molar-refractivity contribution < 1.29 is 9.53 Å². The number of aromatic nitrogens is 1. The van der Waals surface area contributed by atoms with Crippen molar-refractivity contribution in [1.82, 2.24) is 4.40 Å². The van der Waals surface area contributed by atoms with Gasteiger partial charge in [-0.25, -0.2) is 0 Å². The topological polar surface area (TPSA) is 30.7 Å². The van der Waals surface area contributed by atoms with Crippen LogP contribution in [0.5, 0.6) is 5.75 Å². The van der Waals surface area contributed by atoms with E-state index in [1.165, 1.54) is 5.56 Å². The highest BCUT2D eigenvalue weighted by molar-refractivity contribution is 5.91. The van der Waals surface area contributed by atoms with Gasteiger partial charge >= 0.3 is 0 Å². The van der Waals surface area contributed by atoms with Crippen molar-refractivity contribution in [2.75, 3.05) is 6.61 Å². The van der Waals surface area contributed by atoms with Crippen molar-refractivity contribution in [1.29, 1.82) is 0 Å². The number of aldehydes is 1. The maximum Gasteiger partial charge on any atom is 0.167 e. The quantitative estimate of drug-likeness (QED) is 0.596. The standard InChI is InChI=1S/C22H25NO2/c1-6-25-21-10-8-16(22(3,4)5)11-19(21)18-12-17-9-7-15(2)13-23(17)20(18)14-24/h7-14H,6H2,1-5H3. The lowest BCUT2D eigenvalue weighted by Gasteiger charge is -2.21. The number of benzene rings is 1. The molecule has 25 heavy (non-hydrogen) atoms. The molecule has 0 aliphatic rings. The first-order valence-corrected chi connectivity index (χ1v) is 8.69. The molecule has 0 atom stereocenters. The second kappa shape index (κ2) is 6.40. The first-order valence-electron chi connectivity index (χ1n) is 8.69. The lowest BCUT2D eigenvalue weighted by Crippen LogP contribution is -2.11. The van der Waals surface area contributed by atoms with Crippen molar-refractivity contribution in [2.45, 2.75) is 40.0 Å². The number of nitrogens with zero attached hydrogens (tertiary/aromatic N) is 1. The van der Waals surface area contributed by atoms with E-state index in [9.17, 15) is 4.79 Å². The highest BCUT2D eigenvalue weighted by Crippen LogP contribution is 2.37. The summed E-state index contributed by atoms with van der Waals surface area (Å²) in [5, 5.41) is 0. The van der Waals surface area contributed by atoms with Crippen LogP contribution in [0.4, 0.5) is 0 Å². The van der Waals surface area contributed by atoms with Gasteiger partial charge in [0, 0.05) is 22.8 Å². The van der Waals surface area contributed by atoms with Gasteiger partial charge in [-0.2, -0.15) is 0 Å². The number of carbonyl (C=O) groups excluding carboxylic acids is 1. The monoisotopic (exact) mass is 335 g/mol. The molecule has 3 heteroatoms. The summed E-state index contributed by atoms with van der Waals surface area (Å²) in [4.78, 5) is 11.9. The molecular formula is C22H25NO2. The van der Waals surface area contributed by atoms with E-state index in [2.05, 4.69) is 45.0 Å². The van der Waals surface area contributed by atoms with Gasteiger partial charge in [0.05, 0.1) is 12.3 Å². The van der Waals surface area contributed by atoms with E-state index in [-0.39, 0.29) is 5.41 Å². The van der Waals surface area contributed by atoms with E-state index in [1.54, 1.807) is 0 Å². The van der Waals surface area contributed by atoms with E-state index in [0.717, 1.165) is 34.2 Å². The maximum atomic E-state index is 11.9. The highest BCUT2D eigenvalue weighted by atomic mass is 16.5. The summed E-state index contributed by atoms with van der Waals surface area (Å²) in [5.41, 5.74) is 5.90. The molecule has 2 heterocycles. The van der Waals surface area contributed by atoms with Crippen LogP contribution in [0, 0.1) is 6.92 Å². The van der Waals surface area contributed by atoms with Crippen molar-refractivity contribution in [2.24, 2.45) is 0 Å². The number of hydrogen-bond donors (Lipinski definition) is 0. The molecule has 0 amide bonds. The van der Waals surface area contributed by atoms with Crippen LogP contribution >= 0.6 is 0 Å². The van der Waals surface area contributed by atoms with E-state index < -0.39 is 0 Å². The molecule has 3 aromatic rings. The average Bonchev–Trinajstić information content (AvgIpc) is 2.92. The second-order valence-electron chi connectivity index (χ2n) is 7.46. The van der Waals surface area contributed by atoms with Crippen LogP contribution in [0.25, 0.3) is 16.6 Å². The van der Waals surface area contributed by atoms with Crippen LogP contribution in [-0.4, -0.2) is 17.3 Å². The Kier molecular flexibility index (Phi) is 4.42. The molecule has 2 aromatic heterocycles. The molecule has 0 saturated heterocycles. The summed E-state index contributed by atoms with van der Waals surface area (Å²) in [6, 6.07) is 12.4. The fourth-order valence-electron chi connectivity index (χ4n) is 3.12. The molecule has 0 aliphatic heterocycles. The van der Waals surface area contributed by atoms with E-state index in [0.29, 0.717) is 12.3 Å². The summed E-state index contributed by atoms with van der Waals surface area (Å²) >= 11 is 0. The van der Waals surface area contributed by atoms with Gasteiger partial charge in [0.2, 0.25) is 0 Å². The zero-order chi connectivity index (χ0) is 18.2. The van der Waals surface area contributed by atoms with Crippen LogP contribution in [-0.2, 0) is 5.41 Å². The van der Waals surface area contributed by atoms with Crippen LogP contribution < -0.4 is 4.74 Å². The largest absolute Gasteiger partial charge is 0.493 e. The molecule has 0 spiro atoms. The zero-order valence-electron chi connectivity index (χ0n) is 15.6. The minimum absolute atomic E-state index is 0.0244. The third-order valence-electron chi connectivity index (χ3n) is 4.50. The summed E-state index contributed by atoms with van der Waals surface area (Å²) in [5.74, 6) is 0.811. The lowest BCUT2D eigenvalue weighted by molar-refractivity contribution is 0.111. The summed E-state index contributed by atoms with van der Waals surface area (Å²) in [6.45, 7) is 11.2. The third-order valence-corrected chi connectivity index (χ3v) is 4.50. The Hall–Kier alpha value is -2.55. The number of hydrogen-bond acceptors (Lipinski definition) is 2. The fraction of sp³-hybridized carbons (Fsp3) is 0.318. The molecule has 130 valence electrons. The number of aryl methyl sites for hydroxylation is 1. The first kappa shape index (κ1) is 17.3. The SMILES string of the molecule is CCOc1ccc(C(C)(C)C)cc1-c1cc2ccc(C)cn2c1C=O. The van der Waals surface area contributed by atoms with Crippen LogP contribution in [0.3, 0.4) is 0 Å². The molecule has 1 aromatic carbocycles. The lowest BCUT2D eigenvalue weighted by atomic mass is 9.85. The first-order chi connectivity index (χ1) is 11.8. The number of pyridine rings is 1. The molecule has 0 unspecified atom stereocenters. The van der Waals surface area contributed by atoms with Gasteiger partial charge in [-0.15, -0.1) is 0 Å². The minimum Gasteiger partial charge on any atom is -0.493 e. The van der Waals surface area contributed by atoms with Crippen molar-refractivity contribution in [3.63, 3.8) is 0 Å². The number of ether oxygens (including phenoxy) is 1. The summed E-state index contributed by atoms with van der Waals surface area (Å²) in [6.07, 6.45) is 2.93. The van der Waals surface area contributed by atoms with Crippen molar-refractivity contribution in [3.05, 3.63) is 59.4 Å². The molecule has 0 radical (unpaired) electrons. The predicted octanol–water partition coefficient (Wildman–Crippen LogP) is 5.42. The fourth-order valence-corrected chi connectivity index (χ4v) is 3.12. The van der Waals surface area contributed by atoms with Crippen LogP contribution in [0.1, 0.15) is 49.3 Å². The Morgan fingerprint density at radius 2 is 1.84 bits per heavy atom. The number of rotatable bonds is 4. The van der Waals surface area contributed by atoms with E-state index in [4.69, 9.17) is 4.74 Å². The van der Waals surface area contributed by atoms with Crippen LogP contribution in [0.2, 0.25) is 0 Å². The van der Waals surface area contributed by atoms with Gasteiger partial charge in [0.1, 0.15) is 5.75 Å². The number of carbonyl (C=O) groups is 1. The van der Waals surface area contributed by atoms with Gasteiger partial charge in [-0.1, -0.05) is 32.9 Å². The van der Waals surface area contributed by atoms with Gasteiger partial charge < -0.3 is 9.14 Å². The predicted molar refractivity (Wildman–Crippen MR) is 103 cm³/mol. The van der Waals surface area contributed by atoms with Gasteiger partial charge in [-0.3, -0.25) is 4.79 Å². The Balaban J connectivity index is 2.30. The van der Waals surface area contributed by atoms with Gasteiger partial charge in [0.15, 0.2) is 6.29 Å². The van der Waals surface area contributed by atoms with Crippen molar-refractivity contribution >= 4 is 11.8 Å². The average molecular weight is 335 g/mol. The molecule has 0 saturated carbocycles. The van der Waals surface area contributed by atoms with Crippen molar-refractivity contribution in [3.8, 4) is 16.9 Å². The van der Waals surface area contributed by atoms with Gasteiger partial charge in [0.25, 0.3) is 0 Å². The normalized spacial score (nSPS) is 11.7. The Bertz CT molecular complexity index is 929. The summed E-state index contributed by atoms with van der Waals surface area (Å²) in [7, 11) is 0. The number of fused-ring (bicyclic) bond motifs is 1. The molecule has 3 rings (SSSR count). The molecule has 0 fully saturated rings. The maximum absolute atomic E-state index is 11.9. The minimum atomic E-state index is 0.0244. The molecule has 0 bridgehead atoms. The Labute approximate surface area is 149 Å². The van der Waals surface area contributed by atoms with E-state index >= 15 is 0 Å². The smallest absolute Gasteiger partial charge is 0.167 e. The van der Waals surface area contributed by atoms with Crippen LogP contribution in [0.15, 0.2) is 42.6 Å². The molecule has 0 N–H and O–H groups in total. The zero-order valence-corrected chi connectivity index (χ0v) is 15.6. The molecular weight excluding hydrogens is 310 g/mol. The highest BCUT2D eigenvalue weighted by Gasteiger charge is 2.20. The third kappa shape index (κ3) is 3.19. The van der Waals surface area contributed by atoms with E-state index in [1.807, 2.05) is 36.6 Å².